The Bertz CT molecular complexity index is 628. The minimum atomic E-state index is -0.0555. The fourth-order valence-electron chi connectivity index (χ4n) is 2.42. The van der Waals surface area contributed by atoms with Crippen molar-refractivity contribution in [2.75, 3.05) is 7.11 Å². The number of hydrogen-bond acceptors (Lipinski definition) is 3. The van der Waals surface area contributed by atoms with E-state index in [1.165, 1.54) is 5.56 Å². The number of ether oxygens (including phenoxy) is 1. The van der Waals surface area contributed by atoms with Crippen molar-refractivity contribution >= 4 is 11.6 Å². The van der Waals surface area contributed by atoms with Gasteiger partial charge in [-0.3, -0.25) is 11.3 Å². The fourth-order valence-corrected chi connectivity index (χ4v) is 2.73. The topological polar surface area (TPSA) is 47.3 Å². The van der Waals surface area contributed by atoms with E-state index in [1.54, 1.807) is 7.11 Å². The number of rotatable bonds is 5. The molecule has 112 valence electrons. The maximum absolute atomic E-state index is 6.32. The maximum atomic E-state index is 6.32. The van der Waals surface area contributed by atoms with Crippen LogP contribution in [0.2, 0.25) is 5.02 Å². The molecular weight excluding hydrogens is 284 g/mol. The van der Waals surface area contributed by atoms with Crippen molar-refractivity contribution in [3.8, 4) is 5.75 Å². The number of nitrogens with two attached hydrogens (primary N) is 1. The van der Waals surface area contributed by atoms with Crippen molar-refractivity contribution in [3.05, 3.63) is 63.7 Å². The third-order valence-electron chi connectivity index (χ3n) is 3.59. The first-order valence-corrected chi connectivity index (χ1v) is 7.28. The Hall–Kier alpha value is -1.55. The van der Waals surface area contributed by atoms with Crippen molar-refractivity contribution in [3.63, 3.8) is 0 Å². The van der Waals surface area contributed by atoms with Crippen LogP contribution in [0, 0.1) is 13.8 Å². The lowest BCUT2D eigenvalue weighted by Crippen LogP contribution is -2.30. The van der Waals surface area contributed by atoms with Gasteiger partial charge in [0.2, 0.25) is 0 Å². The molecule has 0 aromatic heterocycles. The van der Waals surface area contributed by atoms with Crippen molar-refractivity contribution in [2.24, 2.45) is 5.84 Å². The van der Waals surface area contributed by atoms with E-state index in [9.17, 15) is 0 Å². The highest BCUT2D eigenvalue weighted by atomic mass is 35.5. The molecule has 3 N–H and O–H groups in total. The second-order valence-corrected chi connectivity index (χ2v) is 5.67. The lowest BCUT2D eigenvalue weighted by molar-refractivity contribution is 0.399. The van der Waals surface area contributed by atoms with Gasteiger partial charge in [0, 0.05) is 10.6 Å². The smallest absolute Gasteiger partial charge is 0.123 e. The SMILES string of the molecule is COc1ccc(C)cc1C(Cc1ccc(C)cc1Cl)NN. The summed E-state index contributed by atoms with van der Waals surface area (Å²) in [6.45, 7) is 4.08. The van der Waals surface area contributed by atoms with Crippen LogP contribution in [0.15, 0.2) is 36.4 Å². The number of hydrazine groups is 1. The number of halogens is 1. The predicted molar refractivity (Wildman–Crippen MR) is 87.7 cm³/mol. The molecule has 21 heavy (non-hydrogen) atoms. The van der Waals surface area contributed by atoms with Gasteiger partial charge >= 0.3 is 0 Å². The van der Waals surface area contributed by atoms with Gasteiger partial charge in [-0.2, -0.15) is 0 Å². The van der Waals surface area contributed by atoms with Crippen LogP contribution in [0.3, 0.4) is 0 Å². The van der Waals surface area contributed by atoms with Gasteiger partial charge in [0.05, 0.1) is 13.2 Å². The molecule has 0 fully saturated rings. The molecule has 2 aromatic rings. The summed E-state index contributed by atoms with van der Waals surface area (Å²) in [5.41, 5.74) is 7.29. The van der Waals surface area contributed by atoms with Crippen molar-refractivity contribution in [1.29, 1.82) is 0 Å². The molecule has 0 aliphatic rings. The van der Waals surface area contributed by atoms with Gasteiger partial charge in [0.1, 0.15) is 5.75 Å². The van der Waals surface area contributed by atoms with Crippen LogP contribution in [-0.4, -0.2) is 7.11 Å². The average molecular weight is 305 g/mol. The molecule has 0 bridgehead atoms. The summed E-state index contributed by atoms with van der Waals surface area (Å²) in [6.07, 6.45) is 0.704. The fraction of sp³-hybridized carbons (Fsp3) is 0.294. The summed E-state index contributed by atoms with van der Waals surface area (Å²) in [4.78, 5) is 0. The molecule has 3 nitrogen and oxygen atoms in total. The van der Waals surface area contributed by atoms with Gasteiger partial charge in [0.25, 0.3) is 0 Å². The molecule has 0 saturated carbocycles. The third kappa shape index (κ3) is 3.76. The van der Waals surface area contributed by atoms with E-state index >= 15 is 0 Å². The molecule has 0 aliphatic carbocycles. The molecule has 0 saturated heterocycles. The number of methoxy groups -OCH3 is 1. The molecule has 0 radical (unpaired) electrons. The highest BCUT2D eigenvalue weighted by molar-refractivity contribution is 6.31. The normalized spacial score (nSPS) is 12.2. The van der Waals surface area contributed by atoms with E-state index in [1.807, 2.05) is 31.2 Å². The first kappa shape index (κ1) is 15.8. The first-order valence-electron chi connectivity index (χ1n) is 6.91. The van der Waals surface area contributed by atoms with Gasteiger partial charge < -0.3 is 4.74 Å². The molecule has 4 heteroatoms. The number of hydrogen-bond donors (Lipinski definition) is 2. The Kier molecular flexibility index (Phi) is 5.23. The van der Waals surface area contributed by atoms with Crippen LogP contribution in [0.1, 0.15) is 28.3 Å². The maximum Gasteiger partial charge on any atom is 0.123 e. The summed E-state index contributed by atoms with van der Waals surface area (Å²) >= 11 is 6.32. The van der Waals surface area contributed by atoms with E-state index in [2.05, 4.69) is 24.5 Å². The van der Waals surface area contributed by atoms with E-state index in [4.69, 9.17) is 22.2 Å². The van der Waals surface area contributed by atoms with Crippen LogP contribution >= 0.6 is 11.6 Å². The molecule has 2 rings (SSSR count). The summed E-state index contributed by atoms with van der Waals surface area (Å²) in [7, 11) is 1.67. The average Bonchev–Trinajstić information content (AvgIpc) is 2.46. The van der Waals surface area contributed by atoms with Crippen LogP contribution in [0.5, 0.6) is 5.75 Å². The second-order valence-electron chi connectivity index (χ2n) is 5.26. The Morgan fingerprint density at radius 3 is 2.43 bits per heavy atom. The van der Waals surface area contributed by atoms with Crippen LogP contribution in [0.4, 0.5) is 0 Å². The van der Waals surface area contributed by atoms with Crippen molar-refractivity contribution in [1.82, 2.24) is 5.43 Å². The van der Waals surface area contributed by atoms with Gasteiger partial charge in [0.15, 0.2) is 0 Å². The summed E-state index contributed by atoms with van der Waals surface area (Å²) < 4.78 is 5.44. The Balaban J connectivity index is 2.34. The van der Waals surface area contributed by atoms with E-state index < -0.39 is 0 Å². The Labute approximate surface area is 131 Å². The van der Waals surface area contributed by atoms with Crippen LogP contribution < -0.4 is 16.0 Å². The molecule has 0 spiro atoms. The minimum Gasteiger partial charge on any atom is -0.496 e. The number of nitrogens with one attached hydrogen (secondary N) is 1. The standard InChI is InChI=1S/C17H21ClN2O/c1-11-5-7-17(21-3)14(8-11)16(20-19)10-13-6-4-12(2)9-15(13)18/h4-9,16,20H,10,19H2,1-3H3. The van der Waals surface area contributed by atoms with E-state index in [0.717, 1.165) is 27.5 Å². The van der Waals surface area contributed by atoms with Gasteiger partial charge in [-0.05, 0) is 43.5 Å². The zero-order valence-electron chi connectivity index (χ0n) is 12.6. The summed E-state index contributed by atoms with van der Waals surface area (Å²) in [6, 6.07) is 12.1. The van der Waals surface area contributed by atoms with Crippen molar-refractivity contribution in [2.45, 2.75) is 26.3 Å². The van der Waals surface area contributed by atoms with Crippen molar-refractivity contribution < 1.29 is 4.74 Å². The van der Waals surface area contributed by atoms with Crippen LogP contribution in [-0.2, 0) is 6.42 Å². The van der Waals surface area contributed by atoms with E-state index in [-0.39, 0.29) is 6.04 Å². The van der Waals surface area contributed by atoms with Gasteiger partial charge in [-0.25, -0.2) is 0 Å². The first-order chi connectivity index (χ1) is 10.0. The molecule has 1 atom stereocenters. The van der Waals surface area contributed by atoms with E-state index in [0.29, 0.717) is 6.42 Å². The Morgan fingerprint density at radius 1 is 1.14 bits per heavy atom. The molecule has 0 aliphatic heterocycles. The third-order valence-corrected chi connectivity index (χ3v) is 3.95. The quantitative estimate of drug-likeness (QED) is 0.654. The summed E-state index contributed by atoms with van der Waals surface area (Å²) in [5.74, 6) is 6.58. The number of aryl methyl sites for hydroxylation is 2. The largest absolute Gasteiger partial charge is 0.496 e. The molecular formula is C17H21ClN2O. The predicted octanol–water partition coefficient (Wildman–Crippen LogP) is 3.71. The van der Waals surface area contributed by atoms with Gasteiger partial charge in [-0.15, -0.1) is 0 Å². The number of benzene rings is 2. The highest BCUT2D eigenvalue weighted by Crippen LogP contribution is 2.30. The second kappa shape index (κ2) is 6.94. The lowest BCUT2D eigenvalue weighted by atomic mass is 9.96. The molecule has 0 amide bonds. The zero-order chi connectivity index (χ0) is 15.4. The summed E-state index contributed by atoms with van der Waals surface area (Å²) in [5, 5.41) is 0.766. The van der Waals surface area contributed by atoms with Gasteiger partial charge in [-0.1, -0.05) is 41.4 Å². The molecule has 0 heterocycles. The highest BCUT2D eigenvalue weighted by Gasteiger charge is 2.17. The Morgan fingerprint density at radius 2 is 1.81 bits per heavy atom. The minimum absolute atomic E-state index is 0.0555. The zero-order valence-corrected chi connectivity index (χ0v) is 13.4. The lowest BCUT2D eigenvalue weighted by Gasteiger charge is -2.20. The monoisotopic (exact) mass is 304 g/mol. The molecule has 1 unspecified atom stereocenters. The molecule has 2 aromatic carbocycles. The van der Waals surface area contributed by atoms with Crippen LogP contribution in [0.25, 0.3) is 0 Å².